The second-order valence-corrected chi connectivity index (χ2v) is 4.36. The summed E-state index contributed by atoms with van der Waals surface area (Å²) in [6.45, 7) is 5.04. The largest absolute Gasteiger partial charge is 0.330 e. The van der Waals surface area contributed by atoms with Crippen molar-refractivity contribution in [2.45, 2.75) is 19.8 Å². The molecule has 4 heteroatoms. The Morgan fingerprint density at radius 3 is 2.62 bits per heavy atom. The number of nitrogens with two attached hydrogens (primary N) is 1. The number of hydrogen-bond donors (Lipinski definition) is 1. The van der Waals surface area contributed by atoms with Crippen LogP contribution in [0.1, 0.15) is 25.5 Å². The first-order valence-corrected chi connectivity index (χ1v) is 5.24. The third-order valence-electron chi connectivity index (χ3n) is 2.59. The van der Waals surface area contributed by atoms with Gasteiger partial charge in [-0.3, -0.25) is 4.68 Å². The second kappa shape index (κ2) is 4.24. The van der Waals surface area contributed by atoms with Gasteiger partial charge < -0.3 is 5.73 Å². The molecule has 13 heavy (non-hydrogen) atoms. The normalized spacial score (nSPS) is 15.8. The molecule has 74 valence electrons. The Hall–Kier alpha value is -0.350. The minimum atomic E-state index is 0.437. The van der Waals surface area contributed by atoms with Crippen molar-refractivity contribution in [3.05, 3.63) is 16.4 Å². The van der Waals surface area contributed by atoms with Crippen LogP contribution in [-0.2, 0) is 7.05 Å². The van der Waals surface area contributed by atoms with Gasteiger partial charge in [-0.15, -0.1) is 0 Å². The fourth-order valence-electron chi connectivity index (χ4n) is 1.41. The standard InChI is InChI=1S/C9H16BrN3/c1-6(4-11)7(2)9-8(10)5-12-13(9)3/h5-7H,4,11H2,1-3H3. The molecule has 0 amide bonds. The topological polar surface area (TPSA) is 43.8 Å². The van der Waals surface area contributed by atoms with Crippen LogP contribution in [0.25, 0.3) is 0 Å². The van der Waals surface area contributed by atoms with Gasteiger partial charge in [-0.1, -0.05) is 13.8 Å². The van der Waals surface area contributed by atoms with Gasteiger partial charge in [0.05, 0.1) is 16.4 Å². The summed E-state index contributed by atoms with van der Waals surface area (Å²) >= 11 is 3.49. The number of halogens is 1. The minimum Gasteiger partial charge on any atom is -0.330 e. The highest BCUT2D eigenvalue weighted by Crippen LogP contribution is 2.28. The van der Waals surface area contributed by atoms with Gasteiger partial charge in [-0.25, -0.2) is 0 Å². The SMILES string of the molecule is CC(CN)C(C)c1c(Br)cnn1C. The Balaban J connectivity index is 2.93. The molecule has 2 unspecified atom stereocenters. The van der Waals surface area contributed by atoms with Crippen molar-refractivity contribution >= 4 is 15.9 Å². The van der Waals surface area contributed by atoms with Gasteiger partial charge in [0.15, 0.2) is 0 Å². The van der Waals surface area contributed by atoms with E-state index in [1.807, 2.05) is 17.9 Å². The van der Waals surface area contributed by atoms with E-state index >= 15 is 0 Å². The van der Waals surface area contributed by atoms with Gasteiger partial charge >= 0.3 is 0 Å². The van der Waals surface area contributed by atoms with Gasteiger partial charge in [0.1, 0.15) is 0 Å². The van der Waals surface area contributed by atoms with Gasteiger partial charge in [0.25, 0.3) is 0 Å². The van der Waals surface area contributed by atoms with Crippen LogP contribution in [0, 0.1) is 5.92 Å². The van der Waals surface area contributed by atoms with E-state index in [1.54, 1.807) is 0 Å². The zero-order valence-electron chi connectivity index (χ0n) is 8.29. The molecule has 0 aromatic carbocycles. The van der Waals surface area contributed by atoms with Crippen molar-refractivity contribution in [2.75, 3.05) is 6.54 Å². The molecule has 0 radical (unpaired) electrons. The fraction of sp³-hybridized carbons (Fsp3) is 0.667. The van der Waals surface area contributed by atoms with Crippen LogP contribution in [0.2, 0.25) is 0 Å². The lowest BCUT2D eigenvalue weighted by Gasteiger charge is -2.18. The Morgan fingerprint density at radius 1 is 1.62 bits per heavy atom. The number of rotatable bonds is 3. The summed E-state index contributed by atoms with van der Waals surface area (Å²) in [4.78, 5) is 0. The lowest BCUT2D eigenvalue weighted by Crippen LogP contribution is -2.19. The summed E-state index contributed by atoms with van der Waals surface area (Å²) in [7, 11) is 1.96. The molecule has 0 saturated heterocycles. The molecule has 1 rings (SSSR count). The van der Waals surface area contributed by atoms with Crippen molar-refractivity contribution in [1.82, 2.24) is 9.78 Å². The molecule has 0 aliphatic heterocycles. The predicted octanol–water partition coefficient (Wildman–Crippen LogP) is 1.88. The Morgan fingerprint density at radius 2 is 2.23 bits per heavy atom. The highest BCUT2D eigenvalue weighted by Gasteiger charge is 2.18. The molecule has 2 N–H and O–H groups in total. The lowest BCUT2D eigenvalue weighted by atomic mass is 9.93. The van der Waals surface area contributed by atoms with Gasteiger partial charge in [-0.05, 0) is 28.4 Å². The second-order valence-electron chi connectivity index (χ2n) is 3.50. The third-order valence-corrected chi connectivity index (χ3v) is 3.21. The van der Waals surface area contributed by atoms with Crippen LogP contribution in [-0.4, -0.2) is 16.3 Å². The van der Waals surface area contributed by atoms with E-state index in [9.17, 15) is 0 Å². The average molecular weight is 246 g/mol. The molecule has 0 saturated carbocycles. The smallest absolute Gasteiger partial charge is 0.0635 e. The fourth-order valence-corrected chi connectivity index (χ4v) is 2.12. The monoisotopic (exact) mass is 245 g/mol. The van der Waals surface area contributed by atoms with E-state index in [1.165, 1.54) is 5.69 Å². The Kier molecular flexibility index (Phi) is 3.50. The Labute approximate surface area is 87.4 Å². The third kappa shape index (κ3) is 2.11. The van der Waals surface area contributed by atoms with Crippen LogP contribution >= 0.6 is 15.9 Å². The van der Waals surface area contributed by atoms with Gasteiger partial charge in [0.2, 0.25) is 0 Å². The number of aromatic nitrogens is 2. The minimum absolute atomic E-state index is 0.437. The van der Waals surface area contributed by atoms with E-state index < -0.39 is 0 Å². The molecular formula is C9H16BrN3. The molecular weight excluding hydrogens is 230 g/mol. The van der Waals surface area contributed by atoms with Gasteiger partial charge in [0, 0.05) is 13.0 Å². The van der Waals surface area contributed by atoms with E-state index in [0.717, 1.165) is 4.47 Å². The van der Waals surface area contributed by atoms with Gasteiger partial charge in [-0.2, -0.15) is 5.10 Å². The molecule has 1 aromatic heterocycles. The molecule has 0 aliphatic rings. The van der Waals surface area contributed by atoms with E-state index in [-0.39, 0.29) is 0 Å². The predicted molar refractivity (Wildman–Crippen MR) is 57.5 cm³/mol. The van der Waals surface area contributed by atoms with E-state index in [4.69, 9.17) is 5.73 Å². The molecule has 3 nitrogen and oxygen atoms in total. The molecule has 0 bridgehead atoms. The number of aryl methyl sites for hydroxylation is 1. The lowest BCUT2D eigenvalue weighted by molar-refractivity contribution is 0.469. The summed E-state index contributed by atoms with van der Waals surface area (Å²) in [6, 6.07) is 0. The van der Waals surface area contributed by atoms with Crippen LogP contribution < -0.4 is 5.73 Å². The Bertz CT molecular complexity index is 263. The maximum absolute atomic E-state index is 5.63. The van der Waals surface area contributed by atoms with Crippen molar-refractivity contribution in [3.8, 4) is 0 Å². The van der Waals surface area contributed by atoms with Crippen molar-refractivity contribution in [1.29, 1.82) is 0 Å². The zero-order valence-corrected chi connectivity index (χ0v) is 9.87. The highest BCUT2D eigenvalue weighted by atomic mass is 79.9. The molecule has 2 atom stereocenters. The van der Waals surface area contributed by atoms with Crippen LogP contribution in [0.15, 0.2) is 10.7 Å². The van der Waals surface area contributed by atoms with E-state index in [2.05, 4.69) is 34.9 Å². The molecule has 0 spiro atoms. The first kappa shape index (κ1) is 10.7. The average Bonchev–Trinajstić information content (AvgIpc) is 2.44. The van der Waals surface area contributed by atoms with Crippen molar-refractivity contribution < 1.29 is 0 Å². The summed E-state index contributed by atoms with van der Waals surface area (Å²) < 4.78 is 2.98. The van der Waals surface area contributed by atoms with Crippen LogP contribution in [0.5, 0.6) is 0 Å². The maximum Gasteiger partial charge on any atom is 0.0635 e. The van der Waals surface area contributed by atoms with E-state index in [0.29, 0.717) is 18.4 Å². The summed E-state index contributed by atoms with van der Waals surface area (Å²) in [5.41, 5.74) is 6.85. The van der Waals surface area contributed by atoms with Crippen molar-refractivity contribution in [3.63, 3.8) is 0 Å². The first-order valence-electron chi connectivity index (χ1n) is 4.45. The summed E-state index contributed by atoms with van der Waals surface area (Å²) in [6.07, 6.45) is 1.83. The molecule has 1 heterocycles. The molecule has 1 aromatic rings. The molecule has 0 aliphatic carbocycles. The first-order chi connectivity index (χ1) is 6.07. The highest BCUT2D eigenvalue weighted by molar-refractivity contribution is 9.10. The summed E-state index contributed by atoms with van der Waals surface area (Å²) in [5.74, 6) is 0.915. The quantitative estimate of drug-likeness (QED) is 0.884. The van der Waals surface area contributed by atoms with Crippen LogP contribution in [0.3, 0.4) is 0 Å². The number of hydrogen-bond acceptors (Lipinski definition) is 2. The zero-order chi connectivity index (χ0) is 10.0. The molecule has 0 fully saturated rings. The van der Waals surface area contributed by atoms with Crippen LogP contribution in [0.4, 0.5) is 0 Å². The maximum atomic E-state index is 5.63. The summed E-state index contributed by atoms with van der Waals surface area (Å²) in [5, 5.41) is 4.18. The van der Waals surface area contributed by atoms with Crippen molar-refractivity contribution in [2.24, 2.45) is 18.7 Å². The number of nitrogens with zero attached hydrogens (tertiary/aromatic N) is 2.